The van der Waals surface area contributed by atoms with Crippen LogP contribution in [0.1, 0.15) is 10.9 Å². The lowest BCUT2D eigenvalue weighted by molar-refractivity contribution is -0.121. The SMILES string of the molecule is N#C[C@@H](C(=O)COc1cc(F)ccc1F)c1nc2ccccc2s1. The van der Waals surface area contributed by atoms with Crippen molar-refractivity contribution in [2.24, 2.45) is 0 Å². The molecule has 1 aromatic heterocycles. The maximum atomic E-state index is 13.5. The molecule has 1 atom stereocenters. The summed E-state index contributed by atoms with van der Waals surface area (Å²) in [6, 6.07) is 11.9. The van der Waals surface area contributed by atoms with Crippen molar-refractivity contribution >= 4 is 27.3 Å². The van der Waals surface area contributed by atoms with Crippen LogP contribution >= 0.6 is 11.3 Å². The first kappa shape index (κ1) is 16.0. The van der Waals surface area contributed by atoms with Crippen molar-refractivity contribution in [3.8, 4) is 11.8 Å². The van der Waals surface area contributed by atoms with Gasteiger partial charge in [0.2, 0.25) is 0 Å². The van der Waals surface area contributed by atoms with Gasteiger partial charge in [0.25, 0.3) is 0 Å². The molecule has 24 heavy (non-hydrogen) atoms. The minimum Gasteiger partial charge on any atom is -0.483 e. The van der Waals surface area contributed by atoms with Gasteiger partial charge in [0.05, 0.1) is 16.3 Å². The first-order chi connectivity index (χ1) is 11.6. The Morgan fingerprint density at radius 3 is 2.83 bits per heavy atom. The van der Waals surface area contributed by atoms with E-state index in [9.17, 15) is 18.8 Å². The number of ketones is 1. The zero-order valence-electron chi connectivity index (χ0n) is 12.2. The van der Waals surface area contributed by atoms with Crippen LogP contribution < -0.4 is 4.74 Å². The summed E-state index contributed by atoms with van der Waals surface area (Å²) in [6.07, 6.45) is 0. The smallest absolute Gasteiger partial charge is 0.194 e. The van der Waals surface area contributed by atoms with Crippen molar-refractivity contribution in [1.82, 2.24) is 4.98 Å². The van der Waals surface area contributed by atoms with Gasteiger partial charge in [-0.2, -0.15) is 5.26 Å². The zero-order chi connectivity index (χ0) is 17.1. The standard InChI is InChI=1S/C17H10F2N2O2S/c18-10-5-6-12(19)15(7-10)23-9-14(22)11(8-20)17-21-13-3-1-2-4-16(13)24-17/h1-7,11H,9H2/t11-/m0/s1. The number of nitrogens with zero attached hydrogens (tertiary/aromatic N) is 2. The van der Waals surface area contributed by atoms with Gasteiger partial charge in [0.15, 0.2) is 23.3 Å². The summed E-state index contributed by atoms with van der Waals surface area (Å²) in [7, 11) is 0. The Morgan fingerprint density at radius 1 is 1.29 bits per heavy atom. The number of carbonyl (C=O) groups excluding carboxylic acids is 1. The van der Waals surface area contributed by atoms with Crippen LogP contribution in [0.2, 0.25) is 0 Å². The number of halogens is 2. The number of nitriles is 1. The molecule has 0 bridgehead atoms. The molecular formula is C17H10F2N2O2S. The second-order valence-electron chi connectivity index (χ2n) is 4.91. The van der Waals surface area contributed by atoms with E-state index in [0.717, 1.165) is 22.9 Å². The molecule has 0 unspecified atom stereocenters. The third-order valence-electron chi connectivity index (χ3n) is 3.27. The molecule has 0 saturated heterocycles. The molecule has 0 aliphatic rings. The number of para-hydroxylation sites is 1. The highest BCUT2D eigenvalue weighted by Crippen LogP contribution is 2.28. The number of benzene rings is 2. The summed E-state index contributed by atoms with van der Waals surface area (Å²) < 4.78 is 32.5. The van der Waals surface area contributed by atoms with Gasteiger partial charge in [-0.25, -0.2) is 13.8 Å². The fourth-order valence-electron chi connectivity index (χ4n) is 2.10. The van der Waals surface area contributed by atoms with Gasteiger partial charge in [-0.3, -0.25) is 4.79 Å². The zero-order valence-corrected chi connectivity index (χ0v) is 13.0. The normalized spacial score (nSPS) is 11.9. The Morgan fingerprint density at radius 2 is 2.08 bits per heavy atom. The first-order valence-electron chi connectivity index (χ1n) is 6.94. The summed E-state index contributed by atoms with van der Waals surface area (Å²) in [5, 5.41) is 9.63. The molecule has 0 saturated carbocycles. The van der Waals surface area contributed by atoms with Crippen molar-refractivity contribution in [3.05, 3.63) is 59.1 Å². The van der Waals surface area contributed by atoms with Crippen LogP contribution in [-0.4, -0.2) is 17.4 Å². The number of hydrogen-bond donors (Lipinski definition) is 0. The van der Waals surface area contributed by atoms with E-state index in [0.29, 0.717) is 10.5 Å². The molecule has 0 amide bonds. The molecule has 0 spiro atoms. The quantitative estimate of drug-likeness (QED) is 0.706. The molecule has 4 nitrogen and oxygen atoms in total. The average molecular weight is 344 g/mol. The van der Waals surface area contributed by atoms with E-state index < -0.39 is 29.9 Å². The fourth-order valence-corrected chi connectivity index (χ4v) is 3.13. The van der Waals surface area contributed by atoms with E-state index in [-0.39, 0.29) is 5.75 Å². The molecule has 0 radical (unpaired) electrons. The van der Waals surface area contributed by atoms with Gasteiger partial charge in [-0.05, 0) is 24.3 Å². The lowest BCUT2D eigenvalue weighted by Gasteiger charge is -2.08. The number of thiazole rings is 1. The van der Waals surface area contributed by atoms with Crippen LogP contribution in [0.3, 0.4) is 0 Å². The van der Waals surface area contributed by atoms with Crippen LogP contribution in [0.15, 0.2) is 42.5 Å². The molecule has 7 heteroatoms. The van der Waals surface area contributed by atoms with Crippen LogP contribution in [0.25, 0.3) is 10.2 Å². The molecule has 1 heterocycles. The first-order valence-corrected chi connectivity index (χ1v) is 7.76. The summed E-state index contributed by atoms with van der Waals surface area (Å²) in [5.74, 6) is -3.51. The van der Waals surface area contributed by atoms with Crippen LogP contribution in [0.4, 0.5) is 8.78 Å². The van der Waals surface area contributed by atoms with E-state index >= 15 is 0 Å². The summed E-state index contributed by atoms with van der Waals surface area (Å²) in [6.45, 7) is -0.547. The third-order valence-corrected chi connectivity index (χ3v) is 4.37. The summed E-state index contributed by atoms with van der Waals surface area (Å²) in [5.41, 5.74) is 0.697. The van der Waals surface area contributed by atoms with E-state index in [1.54, 1.807) is 6.07 Å². The Kier molecular flexibility index (Phi) is 4.49. The van der Waals surface area contributed by atoms with Crippen molar-refractivity contribution in [1.29, 1.82) is 5.26 Å². The second kappa shape index (κ2) is 6.72. The average Bonchev–Trinajstić information content (AvgIpc) is 3.00. The maximum Gasteiger partial charge on any atom is 0.194 e. The number of rotatable bonds is 5. The van der Waals surface area contributed by atoms with Crippen molar-refractivity contribution < 1.29 is 18.3 Å². The van der Waals surface area contributed by atoms with Crippen LogP contribution in [-0.2, 0) is 4.79 Å². The number of carbonyl (C=O) groups is 1. The van der Waals surface area contributed by atoms with E-state index in [4.69, 9.17) is 4.74 Å². The van der Waals surface area contributed by atoms with Crippen molar-refractivity contribution in [2.45, 2.75) is 5.92 Å². The minimum absolute atomic E-state index is 0.354. The van der Waals surface area contributed by atoms with Crippen LogP contribution in [0.5, 0.6) is 5.75 Å². The lowest BCUT2D eigenvalue weighted by Crippen LogP contribution is -2.19. The van der Waals surface area contributed by atoms with Gasteiger partial charge in [-0.15, -0.1) is 11.3 Å². The number of fused-ring (bicyclic) bond motifs is 1. The molecule has 3 rings (SSSR count). The van der Waals surface area contributed by atoms with Gasteiger partial charge >= 0.3 is 0 Å². The highest BCUT2D eigenvalue weighted by molar-refractivity contribution is 7.18. The highest BCUT2D eigenvalue weighted by Gasteiger charge is 2.25. The molecule has 0 fully saturated rings. The highest BCUT2D eigenvalue weighted by atomic mass is 32.1. The topological polar surface area (TPSA) is 63.0 Å². The van der Waals surface area contributed by atoms with Crippen molar-refractivity contribution in [3.63, 3.8) is 0 Å². The van der Waals surface area contributed by atoms with Gasteiger partial charge in [0, 0.05) is 6.07 Å². The number of hydrogen-bond acceptors (Lipinski definition) is 5. The molecule has 0 aliphatic heterocycles. The number of aromatic nitrogens is 1. The minimum atomic E-state index is -1.11. The largest absolute Gasteiger partial charge is 0.483 e. The Hall–Kier alpha value is -2.85. The number of Topliss-reactive ketones (excluding diaryl/α,β-unsaturated/α-hetero) is 1. The predicted octanol–water partition coefficient (Wildman–Crippen LogP) is 3.83. The van der Waals surface area contributed by atoms with E-state index in [2.05, 4.69) is 4.98 Å². The Labute approximate surface area is 139 Å². The molecule has 120 valence electrons. The van der Waals surface area contributed by atoms with E-state index in [1.807, 2.05) is 24.3 Å². The molecule has 2 aromatic carbocycles. The molecule has 3 aromatic rings. The molecule has 0 aliphatic carbocycles. The fraction of sp³-hybridized carbons (Fsp3) is 0.118. The number of ether oxygens (including phenoxy) is 1. The molecular weight excluding hydrogens is 334 g/mol. The predicted molar refractivity (Wildman–Crippen MR) is 84.8 cm³/mol. The summed E-state index contributed by atoms with van der Waals surface area (Å²) >= 11 is 1.24. The van der Waals surface area contributed by atoms with Gasteiger partial charge in [0.1, 0.15) is 17.4 Å². The lowest BCUT2D eigenvalue weighted by atomic mass is 10.1. The van der Waals surface area contributed by atoms with Gasteiger partial charge < -0.3 is 4.74 Å². The maximum absolute atomic E-state index is 13.5. The Balaban J connectivity index is 1.77. The Bertz CT molecular complexity index is 916. The van der Waals surface area contributed by atoms with Crippen molar-refractivity contribution in [2.75, 3.05) is 6.61 Å². The molecule has 0 N–H and O–H groups in total. The van der Waals surface area contributed by atoms with Gasteiger partial charge in [-0.1, -0.05) is 12.1 Å². The third kappa shape index (κ3) is 3.24. The summed E-state index contributed by atoms with van der Waals surface area (Å²) in [4.78, 5) is 16.5. The second-order valence-corrected chi connectivity index (χ2v) is 5.97. The van der Waals surface area contributed by atoms with Crippen LogP contribution in [0, 0.1) is 23.0 Å². The van der Waals surface area contributed by atoms with E-state index in [1.165, 1.54) is 11.3 Å². The monoisotopic (exact) mass is 344 g/mol.